The third-order valence-electron chi connectivity index (χ3n) is 0.990. The molecule has 4 heteroatoms. The highest BCUT2D eigenvalue weighted by Gasteiger charge is 2.23. The Bertz CT molecular complexity index is 117. The lowest BCUT2D eigenvalue weighted by Crippen LogP contribution is -2.20. The van der Waals surface area contributed by atoms with Gasteiger partial charge in [-0.25, -0.2) is 4.79 Å². The molecule has 1 aliphatic rings. The van der Waals surface area contributed by atoms with E-state index in [1.54, 1.807) is 6.92 Å². The van der Waals surface area contributed by atoms with Crippen molar-refractivity contribution in [2.24, 2.45) is 0 Å². The zero-order chi connectivity index (χ0) is 6.15. The van der Waals surface area contributed by atoms with Gasteiger partial charge in [0.2, 0.25) is 7.98 Å². The van der Waals surface area contributed by atoms with Crippen LogP contribution in [0.25, 0.3) is 0 Å². The Morgan fingerprint density at radius 2 is 2.62 bits per heavy atom. The molecule has 1 rings (SSSR count). The van der Waals surface area contributed by atoms with Crippen LogP contribution in [0.2, 0.25) is 0 Å². The highest BCUT2D eigenvalue weighted by atomic mass is 16.6. The second-order valence-corrected chi connectivity index (χ2v) is 1.85. The Hall–Kier alpha value is -0.665. The van der Waals surface area contributed by atoms with Gasteiger partial charge in [-0.05, 0) is 6.92 Å². The van der Waals surface area contributed by atoms with E-state index in [2.05, 4.69) is 4.74 Å². The van der Waals surface area contributed by atoms with E-state index in [1.807, 2.05) is 0 Å². The summed E-state index contributed by atoms with van der Waals surface area (Å²) in [4.78, 5) is 11.4. The number of nitrogens with zero attached hydrogens (tertiary/aromatic N) is 1. The number of rotatable bonds is 0. The summed E-state index contributed by atoms with van der Waals surface area (Å²) in [6, 6.07) is 0. The first-order valence-electron chi connectivity index (χ1n) is 2.43. The average Bonchev–Trinajstić information content (AvgIpc) is 1.85. The number of carbonyl (C=O) groups is 1. The minimum atomic E-state index is -0.433. The molecule has 8 heavy (non-hydrogen) atoms. The van der Waals surface area contributed by atoms with Crippen molar-refractivity contribution in [2.75, 3.05) is 6.54 Å². The van der Waals surface area contributed by atoms with Crippen molar-refractivity contribution < 1.29 is 9.53 Å². The van der Waals surface area contributed by atoms with Crippen molar-refractivity contribution in [1.29, 1.82) is 0 Å². The maximum absolute atomic E-state index is 10.4. The molecule has 1 saturated heterocycles. The van der Waals surface area contributed by atoms with Gasteiger partial charge in [-0.3, -0.25) is 0 Å². The molecule has 1 heterocycles. The van der Waals surface area contributed by atoms with Crippen molar-refractivity contribution in [1.82, 2.24) is 4.81 Å². The molecule has 1 fully saturated rings. The number of amides is 1. The van der Waals surface area contributed by atoms with Crippen LogP contribution in [-0.2, 0) is 4.74 Å². The largest absolute Gasteiger partial charge is 0.445 e. The van der Waals surface area contributed by atoms with Gasteiger partial charge in [0.15, 0.2) is 0 Å². The van der Waals surface area contributed by atoms with E-state index in [0.29, 0.717) is 6.54 Å². The molecule has 1 amide bonds. The molecule has 0 spiro atoms. The van der Waals surface area contributed by atoms with Crippen LogP contribution in [0.5, 0.6) is 0 Å². The zero-order valence-electron chi connectivity index (χ0n) is 4.63. The normalized spacial score (nSPS) is 28.4. The maximum atomic E-state index is 10.4. The van der Waals surface area contributed by atoms with E-state index < -0.39 is 6.09 Å². The van der Waals surface area contributed by atoms with Gasteiger partial charge >= 0.3 is 6.09 Å². The SMILES string of the molecule is [B]N1CC(C)OC1=O. The molecule has 1 aliphatic heterocycles. The number of hydrogen-bond donors (Lipinski definition) is 0. The third kappa shape index (κ3) is 0.780. The van der Waals surface area contributed by atoms with Crippen LogP contribution in [0, 0.1) is 0 Å². The van der Waals surface area contributed by atoms with Crippen LogP contribution in [0.4, 0.5) is 4.79 Å². The number of hydrogen-bond acceptors (Lipinski definition) is 2. The molecular weight excluding hydrogens is 105 g/mol. The molecule has 0 saturated carbocycles. The van der Waals surface area contributed by atoms with Gasteiger partial charge in [-0.1, -0.05) is 0 Å². The van der Waals surface area contributed by atoms with Crippen LogP contribution >= 0.6 is 0 Å². The van der Waals surface area contributed by atoms with Gasteiger partial charge in [-0.15, -0.1) is 0 Å². The molecule has 1 atom stereocenters. The van der Waals surface area contributed by atoms with Gasteiger partial charge < -0.3 is 9.55 Å². The zero-order valence-corrected chi connectivity index (χ0v) is 4.63. The monoisotopic (exact) mass is 111 g/mol. The topological polar surface area (TPSA) is 29.5 Å². The van der Waals surface area contributed by atoms with E-state index in [1.165, 1.54) is 0 Å². The predicted molar refractivity (Wildman–Crippen MR) is 28.4 cm³/mol. The van der Waals surface area contributed by atoms with Crippen molar-refractivity contribution in [3.8, 4) is 0 Å². The van der Waals surface area contributed by atoms with Gasteiger partial charge in [0.25, 0.3) is 0 Å². The van der Waals surface area contributed by atoms with E-state index in [0.717, 1.165) is 4.81 Å². The number of carbonyl (C=O) groups excluding carboxylic acids is 1. The lowest BCUT2D eigenvalue weighted by Gasteiger charge is -1.99. The van der Waals surface area contributed by atoms with Gasteiger partial charge in [0.05, 0.1) is 0 Å². The quantitative estimate of drug-likeness (QED) is 0.409. The summed E-state index contributed by atoms with van der Waals surface area (Å²) in [6.07, 6.45) is -0.481. The molecule has 0 aliphatic carbocycles. The molecule has 3 nitrogen and oxygen atoms in total. The fraction of sp³-hybridized carbons (Fsp3) is 0.750. The Balaban J connectivity index is 2.51. The fourth-order valence-electron chi connectivity index (χ4n) is 0.629. The molecule has 0 aromatic carbocycles. The summed E-state index contributed by atoms with van der Waals surface area (Å²) >= 11 is 0. The number of cyclic esters (lactones) is 1. The summed E-state index contributed by atoms with van der Waals surface area (Å²) in [5.74, 6) is 0. The van der Waals surface area contributed by atoms with E-state index in [9.17, 15) is 4.79 Å². The van der Waals surface area contributed by atoms with Gasteiger partial charge in [0, 0.05) is 6.54 Å². The molecule has 0 aromatic heterocycles. The maximum Gasteiger partial charge on any atom is 0.396 e. The predicted octanol–water partition coefficient (Wildman–Crippen LogP) is -0.0894. The van der Waals surface area contributed by atoms with Crippen LogP contribution in [0.3, 0.4) is 0 Å². The molecule has 2 radical (unpaired) electrons. The molecular formula is C4H6BNO2. The van der Waals surface area contributed by atoms with Crippen LogP contribution in [0.15, 0.2) is 0 Å². The minimum Gasteiger partial charge on any atom is -0.445 e. The molecule has 42 valence electrons. The first kappa shape index (κ1) is 5.47. The van der Waals surface area contributed by atoms with E-state index in [-0.39, 0.29) is 6.10 Å². The summed E-state index contributed by atoms with van der Waals surface area (Å²) in [6.45, 7) is 2.30. The lowest BCUT2D eigenvalue weighted by molar-refractivity contribution is 0.144. The standard InChI is InChI=1S/C4H6BNO2/c1-3-2-6(5)4(7)8-3/h3H,2H2,1H3. The summed E-state index contributed by atoms with van der Waals surface area (Å²) in [7, 11) is 5.13. The van der Waals surface area contributed by atoms with Gasteiger partial charge in [-0.2, -0.15) is 0 Å². The number of ether oxygens (including phenoxy) is 1. The first-order valence-corrected chi connectivity index (χ1v) is 2.43. The summed E-state index contributed by atoms with van der Waals surface area (Å²) in [5, 5.41) is 0. The second-order valence-electron chi connectivity index (χ2n) is 1.85. The van der Waals surface area contributed by atoms with E-state index >= 15 is 0 Å². The lowest BCUT2D eigenvalue weighted by atomic mass is 10.3. The summed E-state index contributed by atoms with van der Waals surface area (Å²) < 4.78 is 4.64. The minimum absolute atomic E-state index is 0.0486. The molecule has 1 unspecified atom stereocenters. The Morgan fingerprint density at radius 1 is 2.00 bits per heavy atom. The fourth-order valence-corrected chi connectivity index (χ4v) is 0.629. The van der Waals surface area contributed by atoms with Crippen molar-refractivity contribution in [3.05, 3.63) is 0 Å². The first-order chi connectivity index (χ1) is 3.70. The van der Waals surface area contributed by atoms with Crippen molar-refractivity contribution in [3.63, 3.8) is 0 Å². The van der Waals surface area contributed by atoms with Crippen LogP contribution in [0.1, 0.15) is 6.92 Å². The smallest absolute Gasteiger partial charge is 0.396 e. The highest BCUT2D eigenvalue weighted by Crippen LogP contribution is 2.05. The highest BCUT2D eigenvalue weighted by molar-refractivity contribution is 6.13. The van der Waals surface area contributed by atoms with E-state index in [4.69, 9.17) is 7.98 Å². The molecule has 0 N–H and O–H groups in total. The van der Waals surface area contributed by atoms with Crippen LogP contribution in [-0.4, -0.2) is 31.5 Å². The third-order valence-corrected chi connectivity index (χ3v) is 0.990. The Labute approximate surface area is 49.0 Å². The molecule has 0 aromatic rings. The van der Waals surface area contributed by atoms with Crippen molar-refractivity contribution in [2.45, 2.75) is 13.0 Å². The Morgan fingerprint density at radius 3 is 2.75 bits per heavy atom. The van der Waals surface area contributed by atoms with Crippen molar-refractivity contribution >= 4 is 14.1 Å². The second kappa shape index (κ2) is 1.69. The average molecular weight is 111 g/mol. The molecule has 0 bridgehead atoms. The Kier molecular flexibility index (Phi) is 1.15. The van der Waals surface area contributed by atoms with Gasteiger partial charge in [0.1, 0.15) is 6.10 Å². The van der Waals surface area contributed by atoms with Crippen LogP contribution < -0.4 is 0 Å². The summed E-state index contributed by atoms with van der Waals surface area (Å²) in [5.41, 5.74) is 0.